The summed E-state index contributed by atoms with van der Waals surface area (Å²) in [5.74, 6) is 0.170. The van der Waals surface area contributed by atoms with Crippen molar-refractivity contribution in [1.82, 2.24) is 9.78 Å². The van der Waals surface area contributed by atoms with Crippen molar-refractivity contribution < 1.29 is 4.79 Å². The SMILES string of the molecule is CCC(=O)c1cccc(-c2ccnn2C)c1. The molecule has 2 aromatic rings. The van der Waals surface area contributed by atoms with E-state index in [1.165, 1.54) is 0 Å². The maximum absolute atomic E-state index is 11.6. The standard InChI is InChI=1S/C13H14N2O/c1-3-13(16)11-6-4-5-10(9-11)12-7-8-14-15(12)2/h4-9H,3H2,1-2H3. The molecule has 3 nitrogen and oxygen atoms in total. The average Bonchev–Trinajstić information content (AvgIpc) is 2.74. The van der Waals surface area contributed by atoms with Gasteiger partial charge in [0.25, 0.3) is 0 Å². The monoisotopic (exact) mass is 214 g/mol. The molecule has 1 aromatic heterocycles. The van der Waals surface area contributed by atoms with Gasteiger partial charge >= 0.3 is 0 Å². The Hall–Kier alpha value is -1.90. The Balaban J connectivity index is 2.44. The number of hydrogen-bond donors (Lipinski definition) is 0. The first-order valence-electron chi connectivity index (χ1n) is 5.34. The van der Waals surface area contributed by atoms with Crippen LogP contribution in [0, 0.1) is 0 Å². The number of benzene rings is 1. The van der Waals surface area contributed by atoms with E-state index in [1.54, 1.807) is 10.9 Å². The second kappa shape index (κ2) is 4.31. The molecule has 0 bridgehead atoms. The van der Waals surface area contributed by atoms with Gasteiger partial charge in [-0.25, -0.2) is 0 Å². The average molecular weight is 214 g/mol. The largest absolute Gasteiger partial charge is 0.294 e. The molecule has 0 saturated heterocycles. The Morgan fingerprint density at radius 3 is 2.81 bits per heavy atom. The quantitative estimate of drug-likeness (QED) is 0.736. The van der Waals surface area contributed by atoms with Gasteiger partial charge in [-0.05, 0) is 12.1 Å². The van der Waals surface area contributed by atoms with Gasteiger partial charge in [0.05, 0.1) is 5.69 Å². The van der Waals surface area contributed by atoms with Crippen LogP contribution in [0.1, 0.15) is 23.7 Å². The van der Waals surface area contributed by atoms with Crippen LogP contribution in [-0.2, 0) is 7.05 Å². The summed E-state index contributed by atoms with van der Waals surface area (Å²) in [4.78, 5) is 11.6. The molecule has 0 unspecified atom stereocenters. The Labute approximate surface area is 94.7 Å². The fraction of sp³-hybridized carbons (Fsp3) is 0.231. The van der Waals surface area contributed by atoms with Gasteiger partial charge in [-0.1, -0.05) is 25.1 Å². The van der Waals surface area contributed by atoms with Crippen LogP contribution < -0.4 is 0 Å². The topological polar surface area (TPSA) is 34.9 Å². The molecule has 2 rings (SSSR count). The van der Waals surface area contributed by atoms with E-state index in [4.69, 9.17) is 0 Å². The number of aryl methyl sites for hydroxylation is 1. The van der Waals surface area contributed by atoms with Crippen molar-refractivity contribution in [3.05, 3.63) is 42.1 Å². The van der Waals surface area contributed by atoms with Crippen molar-refractivity contribution in [3.63, 3.8) is 0 Å². The lowest BCUT2D eigenvalue weighted by Gasteiger charge is -2.04. The fourth-order valence-corrected chi connectivity index (χ4v) is 1.71. The van der Waals surface area contributed by atoms with Crippen LogP contribution in [0.25, 0.3) is 11.3 Å². The number of hydrogen-bond acceptors (Lipinski definition) is 2. The van der Waals surface area contributed by atoms with E-state index in [1.807, 2.05) is 44.3 Å². The van der Waals surface area contributed by atoms with Crippen molar-refractivity contribution in [3.8, 4) is 11.3 Å². The maximum atomic E-state index is 11.6. The van der Waals surface area contributed by atoms with Crippen molar-refractivity contribution in [2.45, 2.75) is 13.3 Å². The van der Waals surface area contributed by atoms with Crippen molar-refractivity contribution >= 4 is 5.78 Å². The number of Topliss-reactive ketones (excluding diaryl/α,β-unsaturated/α-hetero) is 1. The highest BCUT2D eigenvalue weighted by Gasteiger charge is 2.06. The van der Waals surface area contributed by atoms with E-state index in [0.717, 1.165) is 16.8 Å². The van der Waals surface area contributed by atoms with Gasteiger partial charge in [0, 0.05) is 30.8 Å². The fourth-order valence-electron chi connectivity index (χ4n) is 1.71. The zero-order chi connectivity index (χ0) is 11.5. The van der Waals surface area contributed by atoms with Gasteiger partial charge in [0.15, 0.2) is 5.78 Å². The number of carbonyl (C=O) groups excluding carboxylic acids is 1. The summed E-state index contributed by atoms with van der Waals surface area (Å²) >= 11 is 0. The Morgan fingerprint density at radius 1 is 1.38 bits per heavy atom. The molecule has 0 atom stereocenters. The summed E-state index contributed by atoms with van der Waals surface area (Å²) in [6.07, 6.45) is 2.29. The lowest BCUT2D eigenvalue weighted by Crippen LogP contribution is -1.98. The number of carbonyl (C=O) groups is 1. The smallest absolute Gasteiger partial charge is 0.162 e. The van der Waals surface area contributed by atoms with Crippen LogP contribution >= 0.6 is 0 Å². The molecule has 16 heavy (non-hydrogen) atoms. The molecule has 0 fully saturated rings. The van der Waals surface area contributed by atoms with Gasteiger partial charge in [-0.15, -0.1) is 0 Å². The van der Waals surface area contributed by atoms with Crippen molar-refractivity contribution in [2.24, 2.45) is 7.05 Å². The molecular formula is C13H14N2O. The van der Waals surface area contributed by atoms with Crippen LogP contribution in [-0.4, -0.2) is 15.6 Å². The van der Waals surface area contributed by atoms with E-state index in [-0.39, 0.29) is 5.78 Å². The van der Waals surface area contributed by atoms with Gasteiger partial charge in [0.2, 0.25) is 0 Å². The first-order chi connectivity index (χ1) is 7.72. The molecule has 0 aliphatic rings. The summed E-state index contributed by atoms with van der Waals surface area (Å²) in [5, 5.41) is 4.12. The third kappa shape index (κ3) is 1.89. The minimum atomic E-state index is 0.170. The Bertz CT molecular complexity index is 514. The van der Waals surface area contributed by atoms with E-state index < -0.39 is 0 Å². The molecule has 82 valence electrons. The molecule has 0 amide bonds. The first-order valence-corrected chi connectivity index (χ1v) is 5.34. The van der Waals surface area contributed by atoms with Crippen LogP contribution in [0.4, 0.5) is 0 Å². The molecule has 0 aliphatic heterocycles. The van der Waals surface area contributed by atoms with Crippen LogP contribution in [0.15, 0.2) is 36.5 Å². The van der Waals surface area contributed by atoms with E-state index in [9.17, 15) is 4.79 Å². The van der Waals surface area contributed by atoms with Crippen LogP contribution in [0.2, 0.25) is 0 Å². The predicted octanol–water partition coefficient (Wildman–Crippen LogP) is 2.68. The van der Waals surface area contributed by atoms with E-state index in [0.29, 0.717) is 6.42 Å². The summed E-state index contributed by atoms with van der Waals surface area (Å²) in [7, 11) is 1.89. The summed E-state index contributed by atoms with van der Waals surface area (Å²) in [5.41, 5.74) is 2.81. The number of ketones is 1. The molecule has 0 aliphatic carbocycles. The van der Waals surface area contributed by atoms with E-state index >= 15 is 0 Å². The predicted molar refractivity (Wildman–Crippen MR) is 63.3 cm³/mol. The normalized spacial score (nSPS) is 10.4. The Morgan fingerprint density at radius 2 is 2.19 bits per heavy atom. The minimum Gasteiger partial charge on any atom is -0.294 e. The Kier molecular flexibility index (Phi) is 2.86. The summed E-state index contributed by atoms with van der Waals surface area (Å²) in [6.45, 7) is 1.87. The zero-order valence-electron chi connectivity index (χ0n) is 9.47. The van der Waals surface area contributed by atoms with Gasteiger partial charge in [-0.3, -0.25) is 9.48 Å². The van der Waals surface area contributed by atoms with Crippen molar-refractivity contribution in [1.29, 1.82) is 0 Å². The molecule has 0 spiro atoms. The summed E-state index contributed by atoms with van der Waals surface area (Å²) in [6, 6.07) is 9.61. The number of aromatic nitrogens is 2. The van der Waals surface area contributed by atoms with Crippen LogP contribution in [0.3, 0.4) is 0 Å². The van der Waals surface area contributed by atoms with E-state index in [2.05, 4.69) is 5.10 Å². The maximum Gasteiger partial charge on any atom is 0.162 e. The molecule has 0 saturated carbocycles. The lowest BCUT2D eigenvalue weighted by atomic mass is 10.0. The minimum absolute atomic E-state index is 0.170. The molecule has 3 heteroatoms. The lowest BCUT2D eigenvalue weighted by molar-refractivity contribution is 0.0988. The molecule has 1 heterocycles. The molecule has 0 N–H and O–H groups in total. The number of rotatable bonds is 3. The third-order valence-electron chi connectivity index (χ3n) is 2.62. The van der Waals surface area contributed by atoms with Gasteiger partial charge in [0.1, 0.15) is 0 Å². The highest BCUT2D eigenvalue weighted by molar-refractivity contribution is 5.96. The second-order valence-electron chi connectivity index (χ2n) is 3.70. The second-order valence-corrected chi connectivity index (χ2v) is 3.70. The summed E-state index contributed by atoms with van der Waals surface area (Å²) < 4.78 is 1.80. The van der Waals surface area contributed by atoms with Crippen molar-refractivity contribution in [2.75, 3.05) is 0 Å². The third-order valence-corrected chi connectivity index (χ3v) is 2.62. The highest BCUT2D eigenvalue weighted by atomic mass is 16.1. The highest BCUT2D eigenvalue weighted by Crippen LogP contribution is 2.19. The number of nitrogens with zero attached hydrogens (tertiary/aromatic N) is 2. The van der Waals surface area contributed by atoms with Gasteiger partial charge in [-0.2, -0.15) is 5.10 Å². The molecule has 1 aromatic carbocycles. The molecule has 0 radical (unpaired) electrons. The molecular weight excluding hydrogens is 200 g/mol. The van der Waals surface area contributed by atoms with Crippen LogP contribution in [0.5, 0.6) is 0 Å². The van der Waals surface area contributed by atoms with Gasteiger partial charge < -0.3 is 0 Å². The zero-order valence-corrected chi connectivity index (χ0v) is 9.47. The first kappa shape index (κ1) is 10.6.